The van der Waals surface area contributed by atoms with Gasteiger partial charge in [-0.1, -0.05) is 81.4 Å². The first-order valence-electron chi connectivity index (χ1n) is 10.4. The number of fused-ring (bicyclic) bond motifs is 1. The molecule has 4 unspecified atom stereocenters. The Balaban J connectivity index is 1.68. The lowest BCUT2D eigenvalue weighted by Gasteiger charge is -2.41. The maximum Gasteiger partial charge on any atom is 0.164 e. The molecule has 2 fully saturated rings. The molecule has 2 aromatic carbocycles. The molecule has 0 bridgehead atoms. The minimum absolute atomic E-state index is 0.0380. The Hall–Kier alpha value is -0.940. The molecule has 0 radical (unpaired) electrons. The summed E-state index contributed by atoms with van der Waals surface area (Å²) < 4.78 is 25.7. The van der Waals surface area contributed by atoms with Gasteiger partial charge in [0.05, 0.1) is 14.8 Å². The molecule has 4 atom stereocenters. The van der Waals surface area contributed by atoms with Crippen LogP contribution in [0.4, 0.5) is 0 Å². The Morgan fingerprint density at radius 3 is 2.03 bits per heavy atom. The molecule has 2 aliphatic rings. The molecule has 2 saturated heterocycles. The Bertz CT molecular complexity index is 785. The van der Waals surface area contributed by atoms with Gasteiger partial charge < -0.3 is 18.7 Å². The minimum atomic E-state index is -1.03. The van der Waals surface area contributed by atoms with Crippen LogP contribution in [0.3, 0.4) is 0 Å². The van der Waals surface area contributed by atoms with Crippen LogP contribution in [0.5, 0.6) is 0 Å². The summed E-state index contributed by atoms with van der Waals surface area (Å²) in [6.45, 7) is 11.1. The molecule has 4 nitrogen and oxygen atoms in total. The van der Waals surface area contributed by atoms with Crippen LogP contribution in [0.1, 0.15) is 34.6 Å². The average molecular weight is 447 g/mol. The van der Waals surface area contributed by atoms with Crippen LogP contribution >= 0.6 is 19.9 Å². The fraction of sp³-hybridized carbons (Fsp3) is 0.500. The van der Waals surface area contributed by atoms with Crippen molar-refractivity contribution >= 4 is 30.5 Å². The smallest absolute Gasteiger partial charge is 0.164 e. The Kier molecular flexibility index (Phi) is 6.60. The monoisotopic (exact) mass is 446 g/mol. The van der Waals surface area contributed by atoms with Crippen molar-refractivity contribution in [1.29, 1.82) is 0 Å². The van der Waals surface area contributed by atoms with Crippen LogP contribution in [0.25, 0.3) is 0 Å². The molecule has 2 heterocycles. The Morgan fingerprint density at radius 2 is 1.50 bits per heavy atom. The Labute approximate surface area is 185 Å². The van der Waals surface area contributed by atoms with E-state index in [0.717, 1.165) is 0 Å². The standard InChI is InChI=1S/C24H31O4PS/c1-23(2,3)30-22-21(20-19(16-25-22)26-24(4,5)27-20)28-29(17-12-8-6-9-13-17)18-14-10-7-11-15-18/h6-15,19-22H,16H2,1-5H3. The fourth-order valence-electron chi connectivity index (χ4n) is 3.79. The molecule has 0 N–H and O–H groups in total. The Morgan fingerprint density at radius 1 is 0.933 bits per heavy atom. The normalized spacial score (nSPS) is 28.5. The van der Waals surface area contributed by atoms with Crippen molar-refractivity contribution in [2.24, 2.45) is 0 Å². The molecule has 0 amide bonds. The lowest BCUT2D eigenvalue weighted by Crippen LogP contribution is -2.52. The van der Waals surface area contributed by atoms with Gasteiger partial charge in [-0.05, 0) is 13.8 Å². The van der Waals surface area contributed by atoms with Crippen molar-refractivity contribution in [1.82, 2.24) is 0 Å². The van der Waals surface area contributed by atoms with Crippen molar-refractivity contribution in [2.45, 2.75) is 68.9 Å². The summed E-state index contributed by atoms with van der Waals surface area (Å²) >= 11 is 1.79. The van der Waals surface area contributed by atoms with E-state index < -0.39 is 13.9 Å². The highest BCUT2D eigenvalue weighted by molar-refractivity contribution is 8.01. The topological polar surface area (TPSA) is 36.9 Å². The van der Waals surface area contributed by atoms with E-state index in [1.807, 2.05) is 26.0 Å². The van der Waals surface area contributed by atoms with Crippen LogP contribution in [0.2, 0.25) is 0 Å². The molecule has 2 aliphatic heterocycles. The number of ether oxygens (including phenoxy) is 3. The maximum atomic E-state index is 6.94. The summed E-state index contributed by atoms with van der Waals surface area (Å²) in [5.74, 6) is -0.635. The fourth-order valence-corrected chi connectivity index (χ4v) is 6.96. The van der Waals surface area contributed by atoms with Crippen LogP contribution in [0.15, 0.2) is 60.7 Å². The van der Waals surface area contributed by atoms with E-state index in [2.05, 4.69) is 69.3 Å². The van der Waals surface area contributed by atoms with Crippen LogP contribution in [-0.2, 0) is 18.7 Å². The van der Waals surface area contributed by atoms with Gasteiger partial charge in [0.2, 0.25) is 0 Å². The quantitative estimate of drug-likeness (QED) is 0.615. The number of hydrogen-bond donors (Lipinski definition) is 0. The lowest BCUT2D eigenvalue weighted by molar-refractivity contribution is -0.150. The molecule has 30 heavy (non-hydrogen) atoms. The van der Waals surface area contributed by atoms with Gasteiger partial charge in [-0.15, -0.1) is 11.8 Å². The molecule has 0 spiro atoms. The van der Waals surface area contributed by atoms with Gasteiger partial charge in [0.25, 0.3) is 0 Å². The van der Waals surface area contributed by atoms with Gasteiger partial charge in [0.15, 0.2) is 5.79 Å². The molecule has 0 aromatic heterocycles. The summed E-state index contributed by atoms with van der Waals surface area (Å²) in [5, 5.41) is 2.36. The molecule has 2 aromatic rings. The van der Waals surface area contributed by atoms with Gasteiger partial charge in [0, 0.05) is 15.4 Å². The predicted molar refractivity (Wildman–Crippen MR) is 125 cm³/mol. The van der Waals surface area contributed by atoms with Gasteiger partial charge in [-0.3, -0.25) is 0 Å². The summed E-state index contributed by atoms with van der Waals surface area (Å²) in [5.41, 5.74) is -0.124. The van der Waals surface area contributed by atoms with E-state index in [1.165, 1.54) is 10.6 Å². The van der Waals surface area contributed by atoms with Crippen molar-refractivity contribution in [3.8, 4) is 0 Å². The second kappa shape index (κ2) is 8.90. The first-order valence-corrected chi connectivity index (χ1v) is 12.6. The molecular weight excluding hydrogens is 415 g/mol. The highest BCUT2D eigenvalue weighted by Gasteiger charge is 2.53. The second-order valence-corrected chi connectivity index (χ2v) is 12.9. The van der Waals surface area contributed by atoms with Gasteiger partial charge >= 0.3 is 0 Å². The summed E-state index contributed by atoms with van der Waals surface area (Å²) in [4.78, 5) is 0. The summed E-state index contributed by atoms with van der Waals surface area (Å²) in [6.07, 6.45) is -0.516. The molecule has 0 aliphatic carbocycles. The molecule has 4 rings (SSSR count). The summed E-state index contributed by atoms with van der Waals surface area (Å²) in [6, 6.07) is 20.9. The largest absolute Gasteiger partial charge is 0.362 e. The molecule has 6 heteroatoms. The van der Waals surface area contributed by atoms with Crippen molar-refractivity contribution in [3.05, 3.63) is 60.7 Å². The third-order valence-corrected chi connectivity index (χ3v) is 8.25. The van der Waals surface area contributed by atoms with Crippen molar-refractivity contribution in [2.75, 3.05) is 6.61 Å². The first kappa shape index (κ1) is 22.3. The zero-order valence-electron chi connectivity index (χ0n) is 18.3. The molecule has 162 valence electrons. The number of hydrogen-bond acceptors (Lipinski definition) is 5. The van der Waals surface area contributed by atoms with E-state index >= 15 is 0 Å². The highest BCUT2D eigenvalue weighted by atomic mass is 32.2. The zero-order valence-corrected chi connectivity index (χ0v) is 20.0. The first-order chi connectivity index (χ1) is 14.2. The molecule has 0 saturated carbocycles. The van der Waals surface area contributed by atoms with Crippen molar-refractivity contribution < 1.29 is 18.7 Å². The molecular formula is C24H31O4PS. The zero-order chi connectivity index (χ0) is 21.4. The van der Waals surface area contributed by atoms with Gasteiger partial charge in [-0.2, -0.15) is 0 Å². The summed E-state index contributed by atoms with van der Waals surface area (Å²) in [7, 11) is -1.03. The minimum Gasteiger partial charge on any atom is -0.362 e. The van der Waals surface area contributed by atoms with E-state index in [9.17, 15) is 0 Å². The predicted octanol–water partition coefficient (Wildman–Crippen LogP) is 4.83. The van der Waals surface area contributed by atoms with E-state index in [1.54, 1.807) is 11.8 Å². The van der Waals surface area contributed by atoms with Crippen molar-refractivity contribution in [3.63, 3.8) is 0 Å². The highest BCUT2D eigenvalue weighted by Crippen LogP contribution is 2.47. The third-order valence-electron chi connectivity index (χ3n) is 4.92. The third kappa shape index (κ3) is 5.27. The van der Waals surface area contributed by atoms with Crippen LogP contribution < -0.4 is 10.6 Å². The van der Waals surface area contributed by atoms with E-state index in [0.29, 0.717) is 6.61 Å². The maximum absolute atomic E-state index is 6.94. The van der Waals surface area contributed by atoms with Crippen LogP contribution in [-0.4, -0.2) is 40.9 Å². The second-order valence-electron chi connectivity index (χ2n) is 9.11. The van der Waals surface area contributed by atoms with Gasteiger partial charge in [0.1, 0.15) is 23.7 Å². The van der Waals surface area contributed by atoms with E-state index in [4.69, 9.17) is 18.7 Å². The SMILES string of the molecule is CC1(C)OC2COC(SC(C)(C)C)C(OP(c3ccccc3)c3ccccc3)C2O1. The number of benzene rings is 2. The number of rotatable bonds is 5. The lowest BCUT2D eigenvalue weighted by atomic mass is 10.1. The van der Waals surface area contributed by atoms with E-state index in [-0.39, 0.29) is 28.5 Å². The number of thioether (sulfide) groups is 1. The van der Waals surface area contributed by atoms with Crippen LogP contribution in [0, 0.1) is 0 Å². The van der Waals surface area contributed by atoms with Gasteiger partial charge in [-0.25, -0.2) is 0 Å². The average Bonchev–Trinajstić information content (AvgIpc) is 3.02.